The highest BCUT2D eigenvalue weighted by atomic mass is 35.5. The van der Waals surface area contributed by atoms with Crippen molar-refractivity contribution in [3.05, 3.63) is 35.1 Å². The van der Waals surface area contributed by atoms with E-state index >= 15 is 0 Å². The van der Waals surface area contributed by atoms with Crippen LogP contribution in [0.1, 0.15) is 5.56 Å². The number of carbonyl (C=O) groups is 1. The van der Waals surface area contributed by atoms with Crippen LogP contribution < -0.4 is 5.32 Å². The van der Waals surface area contributed by atoms with Gasteiger partial charge in [0.05, 0.1) is 21.5 Å². The molecule has 1 amide bonds. The first-order valence-corrected chi connectivity index (χ1v) is 7.68. The average molecular weight is 313 g/mol. The summed E-state index contributed by atoms with van der Waals surface area (Å²) in [5, 5.41) is 10.8. The molecule has 0 fully saturated rings. The maximum Gasteiger partial charge on any atom is 0.244 e. The largest absolute Gasteiger partial charge is 0.323 e. The summed E-state index contributed by atoms with van der Waals surface area (Å²) in [5.41, 5.74) is 1.55. The molecule has 8 heteroatoms. The number of hydrogen-bond acceptors (Lipinski definition) is 4. The van der Waals surface area contributed by atoms with Crippen LogP contribution in [0.15, 0.2) is 29.7 Å². The summed E-state index contributed by atoms with van der Waals surface area (Å²) < 4.78 is 12.8. The summed E-state index contributed by atoms with van der Waals surface area (Å²) in [5.74, 6) is -0.290. The van der Waals surface area contributed by atoms with Gasteiger partial charge in [-0.2, -0.15) is 0 Å². The van der Waals surface area contributed by atoms with Crippen molar-refractivity contribution >= 4 is 34.0 Å². The second-order valence-corrected chi connectivity index (χ2v) is 5.91. The summed E-state index contributed by atoms with van der Waals surface area (Å²) in [7, 11) is -1.30. The van der Waals surface area contributed by atoms with E-state index in [4.69, 9.17) is 11.6 Å². The fourth-order valence-electron chi connectivity index (χ4n) is 1.64. The first kappa shape index (κ1) is 14.7. The molecule has 1 aromatic heterocycles. The highest BCUT2D eigenvalue weighted by Gasteiger charge is 2.12. The van der Waals surface area contributed by atoms with Gasteiger partial charge >= 0.3 is 0 Å². The van der Waals surface area contributed by atoms with Crippen molar-refractivity contribution in [2.45, 2.75) is 18.6 Å². The van der Waals surface area contributed by atoms with Crippen molar-refractivity contribution in [1.82, 2.24) is 14.8 Å². The molecule has 106 valence electrons. The first-order valence-electron chi connectivity index (χ1n) is 5.74. The van der Waals surface area contributed by atoms with E-state index in [0.29, 0.717) is 10.7 Å². The minimum atomic E-state index is -1.30. The lowest BCUT2D eigenvalue weighted by Crippen LogP contribution is -2.20. The second kappa shape index (κ2) is 6.15. The molecule has 0 aliphatic carbocycles. The molecular formula is C12H13ClN4O2S. The van der Waals surface area contributed by atoms with Gasteiger partial charge in [0.2, 0.25) is 11.1 Å². The smallest absolute Gasteiger partial charge is 0.244 e. The van der Waals surface area contributed by atoms with E-state index in [0.717, 1.165) is 5.56 Å². The molecular weight excluding hydrogens is 300 g/mol. The van der Waals surface area contributed by atoms with Crippen molar-refractivity contribution < 1.29 is 9.00 Å². The number of carbonyl (C=O) groups excluding carboxylic acids is 1. The highest BCUT2D eigenvalue weighted by Crippen LogP contribution is 2.22. The SMILES string of the molecule is Cc1ccc(NC(=O)Cn2cnnc2S(C)=O)c(Cl)c1. The molecule has 1 aromatic carbocycles. The number of benzene rings is 1. The highest BCUT2D eigenvalue weighted by molar-refractivity contribution is 7.84. The minimum absolute atomic E-state index is 0.0217. The number of hydrogen-bond donors (Lipinski definition) is 1. The number of nitrogens with one attached hydrogen (secondary N) is 1. The minimum Gasteiger partial charge on any atom is -0.323 e. The predicted octanol–water partition coefficient (Wildman–Crippen LogP) is 1.62. The molecule has 6 nitrogen and oxygen atoms in total. The average Bonchev–Trinajstić information content (AvgIpc) is 2.81. The number of anilines is 1. The van der Waals surface area contributed by atoms with Gasteiger partial charge in [0.25, 0.3) is 0 Å². The molecule has 0 aliphatic heterocycles. The standard InChI is InChI=1S/C12H13ClN4O2S/c1-8-3-4-10(9(13)5-8)15-11(18)6-17-7-14-16-12(17)20(2)19/h3-5,7H,6H2,1-2H3,(H,15,18). The molecule has 0 radical (unpaired) electrons. The van der Waals surface area contributed by atoms with E-state index in [9.17, 15) is 9.00 Å². The van der Waals surface area contributed by atoms with Gasteiger partial charge in [-0.15, -0.1) is 10.2 Å². The summed E-state index contributed by atoms with van der Waals surface area (Å²) in [6.07, 6.45) is 2.85. The third kappa shape index (κ3) is 3.43. The zero-order chi connectivity index (χ0) is 14.7. The topological polar surface area (TPSA) is 76.9 Å². The van der Waals surface area contributed by atoms with Crippen molar-refractivity contribution in [3.63, 3.8) is 0 Å². The van der Waals surface area contributed by atoms with Crippen molar-refractivity contribution in [2.75, 3.05) is 11.6 Å². The quantitative estimate of drug-likeness (QED) is 0.930. The van der Waals surface area contributed by atoms with Gasteiger partial charge in [0.15, 0.2) is 0 Å². The Morgan fingerprint density at radius 2 is 2.25 bits per heavy atom. The van der Waals surface area contributed by atoms with E-state index < -0.39 is 10.8 Å². The number of nitrogens with zero attached hydrogens (tertiary/aromatic N) is 3. The fourth-order valence-corrected chi connectivity index (χ4v) is 2.53. The molecule has 0 saturated heterocycles. The van der Waals surface area contributed by atoms with Crippen molar-refractivity contribution in [1.29, 1.82) is 0 Å². The molecule has 0 spiro atoms. The third-order valence-electron chi connectivity index (χ3n) is 2.55. The van der Waals surface area contributed by atoms with Gasteiger partial charge in [0, 0.05) is 6.26 Å². The number of aryl methyl sites for hydroxylation is 1. The van der Waals surface area contributed by atoms with Crippen molar-refractivity contribution in [2.24, 2.45) is 0 Å². The van der Waals surface area contributed by atoms with Crippen LogP contribution in [0.2, 0.25) is 5.02 Å². The van der Waals surface area contributed by atoms with Crippen molar-refractivity contribution in [3.8, 4) is 0 Å². The lowest BCUT2D eigenvalue weighted by molar-refractivity contribution is -0.116. The molecule has 1 unspecified atom stereocenters. The van der Waals surface area contributed by atoms with E-state index in [1.54, 1.807) is 12.1 Å². The summed E-state index contributed by atoms with van der Waals surface area (Å²) in [6, 6.07) is 5.36. The number of aromatic nitrogens is 3. The fraction of sp³-hybridized carbons (Fsp3) is 0.250. The number of halogens is 1. The Balaban J connectivity index is 2.09. The maximum absolute atomic E-state index is 11.9. The normalized spacial score (nSPS) is 12.2. The summed E-state index contributed by atoms with van der Waals surface area (Å²) in [6.45, 7) is 1.89. The number of rotatable bonds is 4. The lowest BCUT2D eigenvalue weighted by Gasteiger charge is -2.09. The van der Waals surface area contributed by atoms with Gasteiger partial charge in [-0.1, -0.05) is 17.7 Å². The molecule has 20 heavy (non-hydrogen) atoms. The lowest BCUT2D eigenvalue weighted by atomic mass is 10.2. The van der Waals surface area contributed by atoms with Crippen LogP contribution in [0.5, 0.6) is 0 Å². The van der Waals surface area contributed by atoms with E-state index in [1.165, 1.54) is 17.2 Å². The molecule has 1 heterocycles. The van der Waals surface area contributed by atoms with Gasteiger partial charge < -0.3 is 5.32 Å². The monoisotopic (exact) mass is 312 g/mol. The first-order chi connectivity index (χ1) is 9.47. The zero-order valence-corrected chi connectivity index (χ0v) is 12.5. The van der Waals surface area contributed by atoms with Crippen LogP contribution in [0.4, 0.5) is 5.69 Å². The Bertz CT molecular complexity index is 671. The van der Waals surface area contributed by atoms with E-state index in [2.05, 4.69) is 15.5 Å². The number of amides is 1. The van der Waals surface area contributed by atoms with Gasteiger partial charge in [0.1, 0.15) is 12.9 Å². The second-order valence-electron chi connectivity index (χ2n) is 4.23. The Morgan fingerprint density at radius 3 is 2.90 bits per heavy atom. The molecule has 0 bridgehead atoms. The Kier molecular flexibility index (Phi) is 4.51. The molecule has 0 saturated carbocycles. The Hall–Kier alpha value is -1.73. The summed E-state index contributed by atoms with van der Waals surface area (Å²) in [4.78, 5) is 11.9. The zero-order valence-electron chi connectivity index (χ0n) is 11.0. The van der Waals surface area contributed by atoms with Crippen LogP contribution in [0.3, 0.4) is 0 Å². The van der Waals surface area contributed by atoms with Gasteiger partial charge in [-0.05, 0) is 24.6 Å². The van der Waals surface area contributed by atoms with Gasteiger partial charge in [-0.25, -0.2) is 0 Å². The summed E-state index contributed by atoms with van der Waals surface area (Å²) >= 11 is 6.04. The van der Waals surface area contributed by atoms with E-state index in [-0.39, 0.29) is 17.6 Å². The molecule has 2 rings (SSSR count). The van der Waals surface area contributed by atoms with Crippen LogP contribution in [0.25, 0.3) is 0 Å². The van der Waals surface area contributed by atoms with Crippen LogP contribution in [0, 0.1) is 6.92 Å². The molecule has 0 aliphatic rings. The molecule has 1 atom stereocenters. The van der Waals surface area contributed by atoms with Crippen LogP contribution in [-0.2, 0) is 22.1 Å². The Morgan fingerprint density at radius 1 is 1.50 bits per heavy atom. The maximum atomic E-state index is 11.9. The van der Waals surface area contributed by atoms with Crippen LogP contribution in [-0.4, -0.2) is 31.1 Å². The van der Waals surface area contributed by atoms with E-state index in [1.807, 2.05) is 13.0 Å². The predicted molar refractivity (Wildman–Crippen MR) is 77.2 cm³/mol. The molecule has 2 aromatic rings. The van der Waals surface area contributed by atoms with Gasteiger partial charge in [-0.3, -0.25) is 13.6 Å². The van der Waals surface area contributed by atoms with Crippen LogP contribution >= 0.6 is 11.6 Å². The Labute approximate surface area is 123 Å². The molecule has 1 N–H and O–H groups in total. The third-order valence-corrected chi connectivity index (χ3v) is 3.69.